The highest BCUT2D eigenvalue weighted by molar-refractivity contribution is 5.38. The van der Waals surface area contributed by atoms with Crippen molar-refractivity contribution in [2.24, 2.45) is 0 Å². The summed E-state index contributed by atoms with van der Waals surface area (Å²) in [5, 5.41) is 0. The molecule has 0 unspecified atom stereocenters. The van der Waals surface area contributed by atoms with Crippen LogP contribution in [0, 0.1) is 12.3 Å². The molecular formula is C11H9FO. The fourth-order valence-electron chi connectivity index (χ4n) is 1.34. The summed E-state index contributed by atoms with van der Waals surface area (Å²) in [6, 6.07) is 6.99. The minimum Gasteiger partial charge on any atom is -0.374 e. The Morgan fingerprint density at radius 3 is 2.77 bits per heavy atom. The summed E-state index contributed by atoms with van der Waals surface area (Å²) in [5.41, 5.74) is 0.0166. The predicted molar refractivity (Wildman–Crippen MR) is 48.0 cm³/mol. The molecule has 2 heteroatoms. The Morgan fingerprint density at radius 2 is 2.23 bits per heavy atom. The lowest BCUT2D eigenvalue weighted by Gasteiger charge is -2.34. The summed E-state index contributed by atoms with van der Waals surface area (Å²) in [5.74, 6) is 2.48. The largest absolute Gasteiger partial charge is 0.374 e. The Hall–Kier alpha value is -1.33. The van der Waals surface area contributed by atoms with Crippen LogP contribution >= 0.6 is 0 Å². The molecule has 66 valence electrons. The Labute approximate surface area is 76.5 Å². The lowest BCUT2D eigenvalue weighted by molar-refractivity contribution is -0.135. The highest BCUT2D eigenvalue weighted by atomic mass is 19.1. The van der Waals surface area contributed by atoms with Crippen LogP contribution in [0.3, 0.4) is 0 Å². The molecular weight excluding hydrogens is 167 g/mol. The zero-order chi connectivity index (χ0) is 9.31. The highest BCUT2D eigenvalue weighted by Crippen LogP contribution is 2.33. The van der Waals surface area contributed by atoms with Gasteiger partial charge in [0.2, 0.25) is 0 Å². The van der Waals surface area contributed by atoms with Crippen molar-refractivity contribution in [1.29, 1.82) is 0 Å². The average molecular weight is 176 g/mol. The van der Waals surface area contributed by atoms with E-state index >= 15 is 0 Å². The SMILES string of the molecule is C#Cc1cccc(C2(F)COC2)c1. The van der Waals surface area contributed by atoms with Crippen molar-refractivity contribution < 1.29 is 9.13 Å². The second kappa shape index (κ2) is 2.86. The molecule has 0 N–H and O–H groups in total. The number of benzene rings is 1. The summed E-state index contributed by atoms with van der Waals surface area (Å²) in [7, 11) is 0. The molecule has 0 amide bonds. The monoisotopic (exact) mass is 176 g/mol. The molecule has 13 heavy (non-hydrogen) atoms. The van der Waals surface area contributed by atoms with Crippen molar-refractivity contribution in [3.63, 3.8) is 0 Å². The van der Waals surface area contributed by atoms with E-state index in [1.165, 1.54) is 0 Å². The minimum atomic E-state index is -1.31. The molecule has 2 rings (SSSR count). The van der Waals surface area contributed by atoms with Gasteiger partial charge in [-0.3, -0.25) is 0 Å². The Morgan fingerprint density at radius 1 is 1.46 bits per heavy atom. The topological polar surface area (TPSA) is 9.23 Å². The number of halogens is 1. The van der Waals surface area contributed by atoms with Crippen molar-refractivity contribution in [2.45, 2.75) is 5.67 Å². The standard InChI is InChI=1S/C11H9FO/c1-2-9-4-3-5-10(6-9)11(12)7-13-8-11/h1,3-6H,7-8H2. The van der Waals surface area contributed by atoms with Crippen molar-refractivity contribution in [2.75, 3.05) is 13.2 Å². The smallest absolute Gasteiger partial charge is 0.182 e. The maximum atomic E-state index is 13.8. The summed E-state index contributed by atoms with van der Waals surface area (Å²) in [6.07, 6.45) is 5.22. The Balaban J connectivity index is 2.36. The van der Waals surface area contributed by atoms with Crippen molar-refractivity contribution in [3.8, 4) is 12.3 Å². The first-order valence-corrected chi connectivity index (χ1v) is 4.08. The molecule has 1 aliphatic rings. The van der Waals surface area contributed by atoms with Gasteiger partial charge in [-0.05, 0) is 17.7 Å². The van der Waals surface area contributed by atoms with Crippen LogP contribution in [0.15, 0.2) is 24.3 Å². The zero-order valence-electron chi connectivity index (χ0n) is 7.09. The molecule has 1 saturated heterocycles. The lowest BCUT2D eigenvalue weighted by atomic mass is 9.93. The van der Waals surface area contributed by atoms with E-state index in [0.29, 0.717) is 11.1 Å². The van der Waals surface area contributed by atoms with Crippen molar-refractivity contribution >= 4 is 0 Å². The second-order valence-electron chi connectivity index (χ2n) is 3.18. The number of terminal acetylenes is 1. The molecule has 1 aliphatic heterocycles. The van der Waals surface area contributed by atoms with Crippen molar-refractivity contribution in [1.82, 2.24) is 0 Å². The Bertz CT molecular complexity index is 361. The molecule has 0 bridgehead atoms. The molecule has 0 atom stereocenters. The fraction of sp³-hybridized carbons (Fsp3) is 0.273. The molecule has 1 heterocycles. The first kappa shape index (κ1) is 8.28. The van der Waals surface area contributed by atoms with E-state index in [1.807, 2.05) is 0 Å². The number of ether oxygens (including phenoxy) is 1. The van der Waals surface area contributed by atoms with Gasteiger partial charge in [0, 0.05) is 5.56 Å². The van der Waals surface area contributed by atoms with Crippen LogP contribution in [-0.2, 0) is 10.4 Å². The first-order valence-electron chi connectivity index (χ1n) is 4.08. The van der Waals surface area contributed by atoms with Gasteiger partial charge in [-0.2, -0.15) is 0 Å². The molecule has 0 aliphatic carbocycles. The van der Waals surface area contributed by atoms with E-state index in [2.05, 4.69) is 5.92 Å². The summed E-state index contributed by atoms with van der Waals surface area (Å²) < 4.78 is 18.6. The van der Waals surface area contributed by atoms with Gasteiger partial charge >= 0.3 is 0 Å². The van der Waals surface area contributed by atoms with Crippen LogP contribution in [0.1, 0.15) is 11.1 Å². The molecule has 1 aromatic rings. The molecule has 0 saturated carbocycles. The molecule has 1 aromatic carbocycles. The molecule has 0 radical (unpaired) electrons. The molecule has 0 aromatic heterocycles. The van der Waals surface area contributed by atoms with Gasteiger partial charge < -0.3 is 4.74 Å². The molecule has 1 nitrogen and oxygen atoms in total. The third kappa shape index (κ3) is 1.32. The van der Waals surface area contributed by atoms with Crippen LogP contribution in [0.2, 0.25) is 0 Å². The van der Waals surface area contributed by atoms with Gasteiger partial charge in [0.1, 0.15) is 0 Å². The lowest BCUT2D eigenvalue weighted by Crippen LogP contribution is -2.42. The summed E-state index contributed by atoms with van der Waals surface area (Å²) >= 11 is 0. The van der Waals surface area contributed by atoms with Crippen LogP contribution in [0.25, 0.3) is 0 Å². The fourth-order valence-corrected chi connectivity index (χ4v) is 1.34. The number of rotatable bonds is 1. The Kier molecular flexibility index (Phi) is 1.82. The van der Waals surface area contributed by atoms with Gasteiger partial charge in [-0.1, -0.05) is 18.1 Å². The maximum absolute atomic E-state index is 13.8. The second-order valence-corrected chi connectivity index (χ2v) is 3.18. The van der Waals surface area contributed by atoms with Crippen LogP contribution in [0.5, 0.6) is 0 Å². The van der Waals surface area contributed by atoms with Gasteiger partial charge in [0.05, 0.1) is 13.2 Å². The average Bonchev–Trinajstić information content (AvgIpc) is 2.14. The van der Waals surface area contributed by atoms with E-state index in [-0.39, 0.29) is 13.2 Å². The summed E-state index contributed by atoms with van der Waals surface area (Å²) in [6.45, 7) is 0.280. The zero-order valence-corrected chi connectivity index (χ0v) is 7.09. The number of alkyl halides is 1. The first-order chi connectivity index (χ1) is 6.24. The molecule has 0 spiro atoms. The highest BCUT2D eigenvalue weighted by Gasteiger charge is 2.40. The molecule has 1 fully saturated rings. The third-order valence-corrected chi connectivity index (χ3v) is 2.21. The van der Waals surface area contributed by atoms with E-state index in [0.717, 1.165) is 0 Å². The number of hydrogen-bond donors (Lipinski definition) is 0. The van der Waals surface area contributed by atoms with Crippen LogP contribution in [-0.4, -0.2) is 13.2 Å². The van der Waals surface area contributed by atoms with Gasteiger partial charge in [0.15, 0.2) is 5.67 Å². The minimum absolute atomic E-state index is 0.140. The van der Waals surface area contributed by atoms with Crippen LogP contribution in [0.4, 0.5) is 4.39 Å². The van der Waals surface area contributed by atoms with Crippen LogP contribution < -0.4 is 0 Å². The summed E-state index contributed by atoms with van der Waals surface area (Å²) in [4.78, 5) is 0. The van der Waals surface area contributed by atoms with E-state index < -0.39 is 5.67 Å². The van der Waals surface area contributed by atoms with E-state index in [9.17, 15) is 4.39 Å². The maximum Gasteiger partial charge on any atom is 0.182 e. The normalized spacial score (nSPS) is 18.8. The predicted octanol–water partition coefficient (Wildman–Crippen LogP) is 1.86. The van der Waals surface area contributed by atoms with Gasteiger partial charge in [-0.15, -0.1) is 6.42 Å². The van der Waals surface area contributed by atoms with Gasteiger partial charge in [-0.25, -0.2) is 4.39 Å². The van der Waals surface area contributed by atoms with Crippen molar-refractivity contribution in [3.05, 3.63) is 35.4 Å². The van der Waals surface area contributed by atoms with E-state index in [1.54, 1.807) is 24.3 Å². The third-order valence-electron chi connectivity index (χ3n) is 2.21. The quantitative estimate of drug-likeness (QED) is 0.593. The van der Waals surface area contributed by atoms with Gasteiger partial charge in [0.25, 0.3) is 0 Å². The van der Waals surface area contributed by atoms with E-state index in [4.69, 9.17) is 11.2 Å². The number of hydrogen-bond acceptors (Lipinski definition) is 1.